The summed E-state index contributed by atoms with van der Waals surface area (Å²) in [5, 5.41) is 13.5. The number of amides is 1. The summed E-state index contributed by atoms with van der Waals surface area (Å²) in [5.41, 5.74) is 1.73. The van der Waals surface area contributed by atoms with E-state index in [1.54, 1.807) is 42.5 Å². The molecule has 0 unspecified atom stereocenters. The number of sulfonamides is 1. The Hall–Kier alpha value is -2.58. The Labute approximate surface area is 165 Å². The molecule has 0 aliphatic carbocycles. The number of benzene rings is 2. The maximum Gasteiger partial charge on any atom is 0.264 e. The number of hydrogen-bond donors (Lipinski definition) is 2. The second kappa shape index (κ2) is 7.81. The topological polar surface area (TPSA) is 95.9 Å². The minimum atomic E-state index is -3.86. The molecule has 2 aromatic carbocycles. The van der Waals surface area contributed by atoms with Gasteiger partial charge >= 0.3 is 0 Å². The van der Waals surface area contributed by atoms with Crippen LogP contribution in [0.4, 0.5) is 5.69 Å². The van der Waals surface area contributed by atoms with Gasteiger partial charge in [-0.3, -0.25) is 9.10 Å². The van der Waals surface area contributed by atoms with Crippen molar-refractivity contribution in [2.24, 2.45) is 0 Å². The van der Waals surface area contributed by atoms with Gasteiger partial charge in [0.2, 0.25) is 5.91 Å². The van der Waals surface area contributed by atoms with E-state index in [9.17, 15) is 18.3 Å². The van der Waals surface area contributed by atoms with Crippen LogP contribution in [0.2, 0.25) is 0 Å². The van der Waals surface area contributed by atoms with Gasteiger partial charge in [0.1, 0.15) is 11.9 Å². The summed E-state index contributed by atoms with van der Waals surface area (Å²) in [4.78, 5) is 11.7. The van der Waals surface area contributed by atoms with Crippen LogP contribution in [0.25, 0.3) is 0 Å². The lowest BCUT2D eigenvalue weighted by atomic mass is 10.00. The Bertz CT molecular complexity index is 973. The maximum absolute atomic E-state index is 13.4. The van der Waals surface area contributed by atoms with Crippen molar-refractivity contribution in [3.8, 4) is 5.75 Å². The van der Waals surface area contributed by atoms with E-state index in [0.717, 1.165) is 5.56 Å². The zero-order valence-corrected chi connectivity index (χ0v) is 16.9. The fourth-order valence-corrected chi connectivity index (χ4v) is 4.86. The molecular formula is C20H24N2O5S. The van der Waals surface area contributed by atoms with Gasteiger partial charge < -0.3 is 15.2 Å². The SMILES string of the molecule is COc1ccc2c(c1)N(S(=O)(=O)c1ccc(C)cc1)CC[C@@H](NC(C)=O)[C@H]2O. The van der Waals surface area contributed by atoms with Gasteiger partial charge in [0, 0.05) is 25.1 Å². The molecule has 1 amide bonds. The molecule has 8 heteroatoms. The van der Waals surface area contributed by atoms with Crippen LogP contribution in [-0.4, -0.2) is 39.1 Å². The number of anilines is 1. The molecule has 1 aliphatic heterocycles. The van der Waals surface area contributed by atoms with Gasteiger partial charge in [0.25, 0.3) is 10.0 Å². The van der Waals surface area contributed by atoms with Crippen LogP contribution < -0.4 is 14.4 Å². The molecule has 2 aromatic rings. The number of carbonyl (C=O) groups excluding carboxylic acids is 1. The van der Waals surface area contributed by atoms with E-state index in [1.165, 1.54) is 18.3 Å². The molecule has 1 heterocycles. The molecule has 28 heavy (non-hydrogen) atoms. The maximum atomic E-state index is 13.4. The zero-order chi connectivity index (χ0) is 20.5. The molecule has 1 aliphatic rings. The van der Waals surface area contributed by atoms with Gasteiger partial charge in [-0.05, 0) is 31.5 Å². The molecule has 150 valence electrons. The van der Waals surface area contributed by atoms with E-state index in [1.807, 2.05) is 6.92 Å². The van der Waals surface area contributed by atoms with E-state index in [0.29, 0.717) is 17.0 Å². The molecule has 2 atom stereocenters. The second-order valence-corrected chi connectivity index (χ2v) is 8.72. The fraction of sp³-hybridized carbons (Fsp3) is 0.350. The Morgan fingerprint density at radius 2 is 1.89 bits per heavy atom. The lowest BCUT2D eigenvalue weighted by molar-refractivity contribution is -0.120. The average Bonchev–Trinajstić information content (AvgIpc) is 2.79. The first-order chi connectivity index (χ1) is 13.2. The zero-order valence-electron chi connectivity index (χ0n) is 16.0. The number of carbonyl (C=O) groups is 1. The van der Waals surface area contributed by atoms with Crippen LogP contribution in [0.5, 0.6) is 5.75 Å². The fourth-order valence-electron chi connectivity index (χ4n) is 3.37. The molecule has 0 aromatic heterocycles. The number of methoxy groups -OCH3 is 1. The highest BCUT2D eigenvalue weighted by Gasteiger charge is 2.35. The first kappa shape index (κ1) is 20.2. The molecular weight excluding hydrogens is 380 g/mol. The Morgan fingerprint density at radius 1 is 1.21 bits per heavy atom. The van der Waals surface area contributed by atoms with Gasteiger partial charge in [0.15, 0.2) is 0 Å². The van der Waals surface area contributed by atoms with E-state index < -0.39 is 22.2 Å². The lowest BCUT2D eigenvalue weighted by Crippen LogP contribution is -2.39. The standard InChI is InChI=1S/C20H24N2O5S/c1-13-4-7-16(8-5-13)28(25,26)22-11-10-18(21-14(2)23)20(24)17-9-6-15(27-3)12-19(17)22/h4-9,12,18,20,24H,10-11H2,1-3H3,(H,21,23)/t18-,20+/m1/s1. The third-order valence-electron chi connectivity index (χ3n) is 4.85. The van der Waals surface area contributed by atoms with Crippen molar-refractivity contribution in [2.45, 2.75) is 37.3 Å². The van der Waals surface area contributed by atoms with Crippen molar-refractivity contribution >= 4 is 21.6 Å². The van der Waals surface area contributed by atoms with E-state index in [4.69, 9.17) is 4.74 Å². The third-order valence-corrected chi connectivity index (χ3v) is 6.67. The summed E-state index contributed by atoms with van der Waals surface area (Å²) in [6, 6.07) is 10.9. The van der Waals surface area contributed by atoms with Crippen LogP contribution in [0.1, 0.15) is 30.6 Å². The molecule has 7 nitrogen and oxygen atoms in total. The van der Waals surface area contributed by atoms with Crippen molar-refractivity contribution in [3.63, 3.8) is 0 Å². The number of aliphatic hydroxyl groups is 1. The second-order valence-electron chi connectivity index (χ2n) is 6.86. The first-order valence-corrected chi connectivity index (χ1v) is 10.4. The summed E-state index contributed by atoms with van der Waals surface area (Å²) in [6.45, 7) is 3.36. The number of nitrogens with one attached hydrogen (secondary N) is 1. The van der Waals surface area contributed by atoms with E-state index in [2.05, 4.69) is 5.32 Å². The van der Waals surface area contributed by atoms with Crippen LogP contribution in [-0.2, 0) is 14.8 Å². The molecule has 0 fully saturated rings. The van der Waals surface area contributed by atoms with Gasteiger partial charge in [0.05, 0.1) is 23.7 Å². The number of aliphatic hydroxyl groups excluding tert-OH is 1. The van der Waals surface area contributed by atoms with Crippen molar-refractivity contribution < 1.29 is 23.1 Å². The molecule has 0 radical (unpaired) electrons. The van der Waals surface area contributed by atoms with Gasteiger partial charge in [-0.25, -0.2) is 8.42 Å². The Morgan fingerprint density at radius 3 is 2.50 bits per heavy atom. The van der Waals surface area contributed by atoms with Gasteiger partial charge in [-0.2, -0.15) is 0 Å². The van der Waals surface area contributed by atoms with Crippen LogP contribution >= 0.6 is 0 Å². The third kappa shape index (κ3) is 3.83. The van der Waals surface area contributed by atoms with Gasteiger partial charge in [-0.1, -0.05) is 23.8 Å². The number of aryl methyl sites for hydroxylation is 1. The highest BCUT2D eigenvalue weighted by molar-refractivity contribution is 7.92. The number of fused-ring (bicyclic) bond motifs is 1. The van der Waals surface area contributed by atoms with E-state index >= 15 is 0 Å². The number of hydrogen-bond acceptors (Lipinski definition) is 5. The smallest absolute Gasteiger partial charge is 0.264 e. The van der Waals surface area contributed by atoms with Crippen molar-refractivity contribution in [3.05, 3.63) is 53.6 Å². The largest absolute Gasteiger partial charge is 0.497 e. The van der Waals surface area contributed by atoms with Crippen LogP contribution in [0, 0.1) is 6.92 Å². The van der Waals surface area contributed by atoms with Crippen molar-refractivity contribution in [1.29, 1.82) is 0 Å². The highest BCUT2D eigenvalue weighted by Crippen LogP contribution is 2.38. The van der Waals surface area contributed by atoms with E-state index in [-0.39, 0.29) is 23.8 Å². The molecule has 3 rings (SSSR count). The minimum absolute atomic E-state index is 0.110. The summed E-state index contributed by atoms with van der Waals surface area (Å²) >= 11 is 0. The van der Waals surface area contributed by atoms with Crippen LogP contribution in [0.3, 0.4) is 0 Å². The van der Waals surface area contributed by atoms with Gasteiger partial charge in [-0.15, -0.1) is 0 Å². The quantitative estimate of drug-likeness (QED) is 0.814. The highest BCUT2D eigenvalue weighted by atomic mass is 32.2. The van der Waals surface area contributed by atoms with Crippen molar-refractivity contribution in [1.82, 2.24) is 5.32 Å². The summed E-state index contributed by atoms with van der Waals surface area (Å²) < 4.78 is 33.3. The summed E-state index contributed by atoms with van der Waals surface area (Å²) in [5.74, 6) is 0.196. The Balaban J connectivity index is 2.12. The Kier molecular flexibility index (Phi) is 5.62. The lowest BCUT2D eigenvalue weighted by Gasteiger charge is -2.25. The number of ether oxygens (including phenoxy) is 1. The number of nitrogens with zero attached hydrogens (tertiary/aromatic N) is 1. The first-order valence-electron chi connectivity index (χ1n) is 8.96. The molecule has 0 spiro atoms. The average molecular weight is 404 g/mol. The number of rotatable bonds is 4. The molecule has 2 N–H and O–H groups in total. The monoisotopic (exact) mass is 404 g/mol. The molecule has 0 saturated heterocycles. The van der Waals surface area contributed by atoms with Crippen LogP contribution in [0.15, 0.2) is 47.4 Å². The predicted octanol–water partition coefficient (Wildman–Crippen LogP) is 2.14. The molecule has 0 saturated carbocycles. The predicted molar refractivity (Wildman–Crippen MR) is 106 cm³/mol. The minimum Gasteiger partial charge on any atom is -0.497 e. The summed E-state index contributed by atoms with van der Waals surface area (Å²) in [6.07, 6.45) is -0.772. The summed E-state index contributed by atoms with van der Waals surface area (Å²) in [7, 11) is -2.37. The normalized spacial score (nSPS) is 19.5. The van der Waals surface area contributed by atoms with Crippen molar-refractivity contribution in [2.75, 3.05) is 18.0 Å². The molecule has 0 bridgehead atoms.